The molecule has 0 unspecified atom stereocenters. The van der Waals surface area contributed by atoms with Crippen LogP contribution in [0.4, 0.5) is 0 Å². The molecular formula is C22H21ClN2O3. The average molecular weight is 397 g/mol. The van der Waals surface area contributed by atoms with Crippen LogP contribution in [0.25, 0.3) is 11.3 Å². The van der Waals surface area contributed by atoms with Crippen LogP contribution in [0.5, 0.6) is 5.88 Å². The topological polar surface area (TPSA) is 53.4 Å². The first-order valence-corrected chi connectivity index (χ1v) is 9.27. The van der Waals surface area contributed by atoms with Gasteiger partial charge in [-0.05, 0) is 42.3 Å². The smallest absolute Gasteiger partial charge is 0.338 e. The minimum absolute atomic E-state index is 0.349. The summed E-state index contributed by atoms with van der Waals surface area (Å²) in [5.74, 6) is 0.184. The van der Waals surface area contributed by atoms with Crippen LogP contribution in [0.3, 0.4) is 0 Å². The monoisotopic (exact) mass is 396 g/mol. The number of carbonyl (C=O) groups excluding carboxylic acids is 1. The zero-order chi connectivity index (χ0) is 19.9. The van der Waals surface area contributed by atoms with Gasteiger partial charge in [-0.15, -0.1) is 5.10 Å². The first-order chi connectivity index (χ1) is 13.6. The normalized spacial score (nSPS) is 11.3. The fraction of sp³-hybridized carbons (Fsp3) is 0.182. The molecule has 0 atom stereocenters. The Hall–Kier alpha value is -3.05. The van der Waals surface area contributed by atoms with Gasteiger partial charge in [-0.3, -0.25) is 0 Å². The fourth-order valence-corrected chi connectivity index (χ4v) is 3.01. The van der Waals surface area contributed by atoms with Crippen molar-refractivity contribution in [1.82, 2.24) is 9.78 Å². The number of halogens is 1. The number of allylic oxidation sites excluding steroid dienone is 1. The van der Waals surface area contributed by atoms with E-state index < -0.39 is 0 Å². The number of ether oxygens (including phenoxy) is 2. The molecule has 0 aliphatic rings. The molecule has 0 spiro atoms. The lowest BCUT2D eigenvalue weighted by atomic mass is 9.97. The number of esters is 1. The van der Waals surface area contributed by atoms with Gasteiger partial charge >= 0.3 is 5.97 Å². The summed E-state index contributed by atoms with van der Waals surface area (Å²) in [6.07, 6.45) is 4.24. The quantitative estimate of drug-likeness (QED) is 0.428. The van der Waals surface area contributed by atoms with Crippen LogP contribution in [0, 0.1) is 0 Å². The highest BCUT2D eigenvalue weighted by Crippen LogP contribution is 2.22. The van der Waals surface area contributed by atoms with Crippen molar-refractivity contribution in [3.63, 3.8) is 0 Å². The molecule has 0 N–H and O–H groups in total. The molecule has 5 nitrogen and oxygen atoms in total. The van der Waals surface area contributed by atoms with E-state index in [0.717, 1.165) is 16.8 Å². The maximum atomic E-state index is 12.0. The molecule has 0 aliphatic heterocycles. The molecule has 3 aromatic rings. The number of aromatic nitrogens is 2. The van der Waals surface area contributed by atoms with E-state index in [1.165, 1.54) is 7.11 Å². The molecule has 1 heterocycles. The Morgan fingerprint density at radius 1 is 1.14 bits per heavy atom. The molecule has 0 amide bonds. The predicted molar refractivity (Wildman–Crippen MR) is 110 cm³/mol. The first-order valence-electron chi connectivity index (χ1n) is 8.89. The second kappa shape index (κ2) is 9.24. The van der Waals surface area contributed by atoms with Crippen LogP contribution in [-0.2, 0) is 16.0 Å². The summed E-state index contributed by atoms with van der Waals surface area (Å²) in [6, 6.07) is 17.0. The molecular weight excluding hydrogens is 376 g/mol. The Balaban J connectivity index is 1.66. The van der Waals surface area contributed by atoms with E-state index in [2.05, 4.69) is 5.10 Å². The van der Waals surface area contributed by atoms with Gasteiger partial charge in [0.15, 0.2) is 0 Å². The van der Waals surface area contributed by atoms with Gasteiger partial charge in [0.2, 0.25) is 5.88 Å². The van der Waals surface area contributed by atoms with E-state index in [4.69, 9.17) is 21.1 Å². The maximum Gasteiger partial charge on any atom is 0.338 e. The van der Waals surface area contributed by atoms with Gasteiger partial charge in [-0.1, -0.05) is 41.9 Å². The highest BCUT2D eigenvalue weighted by molar-refractivity contribution is 6.30. The van der Waals surface area contributed by atoms with Crippen molar-refractivity contribution >= 4 is 23.1 Å². The Bertz CT molecular complexity index is 977. The first kappa shape index (κ1) is 19.7. The molecule has 0 saturated carbocycles. The van der Waals surface area contributed by atoms with E-state index >= 15 is 0 Å². The molecule has 28 heavy (non-hydrogen) atoms. The lowest BCUT2D eigenvalue weighted by molar-refractivity contribution is -0.133. The number of nitrogens with zero attached hydrogens (tertiary/aromatic N) is 2. The average Bonchev–Trinajstić information content (AvgIpc) is 3.19. The van der Waals surface area contributed by atoms with E-state index in [1.807, 2.05) is 67.7 Å². The van der Waals surface area contributed by atoms with Gasteiger partial charge < -0.3 is 9.47 Å². The summed E-state index contributed by atoms with van der Waals surface area (Å²) < 4.78 is 12.4. The Morgan fingerprint density at radius 2 is 1.89 bits per heavy atom. The van der Waals surface area contributed by atoms with Crippen molar-refractivity contribution in [3.05, 3.63) is 83.0 Å². The third-order valence-electron chi connectivity index (χ3n) is 4.28. The molecule has 2 aromatic carbocycles. The molecule has 0 aliphatic carbocycles. The van der Waals surface area contributed by atoms with E-state index in [9.17, 15) is 4.79 Å². The van der Waals surface area contributed by atoms with Crippen molar-refractivity contribution in [1.29, 1.82) is 0 Å². The maximum absolute atomic E-state index is 12.0. The molecule has 3 rings (SSSR count). The van der Waals surface area contributed by atoms with Gasteiger partial charge in [0.05, 0.1) is 25.0 Å². The van der Waals surface area contributed by atoms with Crippen LogP contribution in [0.15, 0.2) is 66.9 Å². The largest absolute Gasteiger partial charge is 0.476 e. The summed E-state index contributed by atoms with van der Waals surface area (Å²) in [5, 5.41) is 5.10. The number of hydrogen-bond donors (Lipinski definition) is 0. The number of methoxy groups -OCH3 is 1. The van der Waals surface area contributed by atoms with Crippen LogP contribution in [0.1, 0.15) is 18.1 Å². The van der Waals surface area contributed by atoms with Gasteiger partial charge in [-0.25, -0.2) is 9.48 Å². The predicted octanol–water partition coefficient (Wildman–Crippen LogP) is 4.72. The highest BCUT2D eigenvalue weighted by Gasteiger charge is 2.14. The zero-order valence-corrected chi connectivity index (χ0v) is 16.5. The molecule has 144 valence electrons. The Morgan fingerprint density at radius 3 is 2.61 bits per heavy atom. The second-order valence-electron chi connectivity index (χ2n) is 6.02. The van der Waals surface area contributed by atoms with E-state index in [0.29, 0.717) is 29.5 Å². The molecule has 0 radical (unpaired) electrons. The number of rotatable bonds is 7. The van der Waals surface area contributed by atoms with Crippen molar-refractivity contribution < 1.29 is 14.3 Å². The number of carbonyl (C=O) groups is 1. The minimum Gasteiger partial charge on any atom is -0.476 e. The highest BCUT2D eigenvalue weighted by atomic mass is 35.5. The van der Waals surface area contributed by atoms with Crippen LogP contribution in [-0.4, -0.2) is 29.5 Å². The molecule has 0 saturated heterocycles. The Kier molecular flexibility index (Phi) is 6.50. The van der Waals surface area contributed by atoms with Crippen LogP contribution >= 0.6 is 11.6 Å². The Labute approximate surface area is 169 Å². The molecule has 1 aromatic heterocycles. The van der Waals surface area contributed by atoms with Crippen LogP contribution < -0.4 is 4.74 Å². The summed E-state index contributed by atoms with van der Waals surface area (Å²) in [5.41, 5.74) is 3.32. The van der Waals surface area contributed by atoms with E-state index in [-0.39, 0.29) is 5.97 Å². The third-order valence-corrected chi connectivity index (χ3v) is 4.53. The number of benzene rings is 2. The molecule has 6 heteroatoms. The SMILES string of the molecule is CC=C(C(=O)OC)c1ccccc1CCOc1ccn(-c2ccc(Cl)cc2)n1. The van der Waals surface area contributed by atoms with Gasteiger partial charge in [0.25, 0.3) is 0 Å². The summed E-state index contributed by atoms with van der Waals surface area (Å²) >= 11 is 5.92. The minimum atomic E-state index is -0.349. The molecule has 0 bridgehead atoms. The lowest BCUT2D eigenvalue weighted by Gasteiger charge is -2.11. The summed E-state index contributed by atoms with van der Waals surface area (Å²) in [6.45, 7) is 2.26. The summed E-state index contributed by atoms with van der Waals surface area (Å²) in [4.78, 5) is 12.0. The van der Waals surface area contributed by atoms with Crippen molar-refractivity contribution in [2.75, 3.05) is 13.7 Å². The lowest BCUT2D eigenvalue weighted by Crippen LogP contribution is -2.09. The number of hydrogen-bond acceptors (Lipinski definition) is 4. The second-order valence-corrected chi connectivity index (χ2v) is 6.46. The molecule has 0 fully saturated rings. The van der Waals surface area contributed by atoms with Crippen molar-refractivity contribution in [2.45, 2.75) is 13.3 Å². The van der Waals surface area contributed by atoms with Crippen molar-refractivity contribution in [3.8, 4) is 11.6 Å². The van der Waals surface area contributed by atoms with Crippen molar-refractivity contribution in [2.24, 2.45) is 0 Å². The van der Waals surface area contributed by atoms with Gasteiger partial charge in [0, 0.05) is 23.7 Å². The zero-order valence-electron chi connectivity index (χ0n) is 15.8. The third kappa shape index (κ3) is 4.61. The van der Waals surface area contributed by atoms with E-state index in [1.54, 1.807) is 10.8 Å². The van der Waals surface area contributed by atoms with Crippen LogP contribution in [0.2, 0.25) is 5.02 Å². The summed E-state index contributed by atoms with van der Waals surface area (Å²) in [7, 11) is 1.38. The fourth-order valence-electron chi connectivity index (χ4n) is 2.88. The van der Waals surface area contributed by atoms with Gasteiger partial charge in [0.1, 0.15) is 0 Å². The van der Waals surface area contributed by atoms with Gasteiger partial charge in [-0.2, -0.15) is 0 Å². The standard InChI is InChI=1S/C22H21ClN2O3/c1-3-19(22(26)27-2)20-7-5-4-6-16(20)13-15-28-21-12-14-25(24-21)18-10-8-17(23)9-11-18/h3-12,14H,13,15H2,1-2H3.